The summed E-state index contributed by atoms with van der Waals surface area (Å²) in [7, 11) is 0. The number of rotatable bonds is 2. The predicted molar refractivity (Wildman–Crippen MR) is 63.4 cm³/mol. The summed E-state index contributed by atoms with van der Waals surface area (Å²) in [6.07, 6.45) is 3.42. The number of aromatic nitrogens is 1. The van der Waals surface area contributed by atoms with E-state index in [1.165, 1.54) is 0 Å². The molecule has 0 unspecified atom stereocenters. The molecular weight excluding hydrogens is 210 g/mol. The molecule has 3 nitrogen and oxygen atoms in total. The largest absolute Gasteiger partial charge is 0.397 e. The maximum atomic E-state index is 5.88. The van der Waals surface area contributed by atoms with Gasteiger partial charge in [-0.1, -0.05) is 11.6 Å². The average molecular weight is 220 g/mol. The van der Waals surface area contributed by atoms with E-state index in [4.69, 9.17) is 17.3 Å². The Morgan fingerprint density at radius 1 is 1.13 bits per heavy atom. The van der Waals surface area contributed by atoms with E-state index in [0.29, 0.717) is 10.7 Å². The highest BCUT2D eigenvalue weighted by molar-refractivity contribution is 6.31. The lowest BCUT2D eigenvalue weighted by molar-refractivity contribution is 1.32. The van der Waals surface area contributed by atoms with Crippen molar-refractivity contribution in [3.8, 4) is 0 Å². The summed E-state index contributed by atoms with van der Waals surface area (Å²) >= 11 is 5.88. The Labute approximate surface area is 92.9 Å². The van der Waals surface area contributed by atoms with Crippen molar-refractivity contribution in [2.24, 2.45) is 0 Å². The van der Waals surface area contributed by atoms with Gasteiger partial charge >= 0.3 is 0 Å². The number of benzene rings is 1. The van der Waals surface area contributed by atoms with E-state index in [0.717, 1.165) is 11.4 Å². The number of hydrogen-bond acceptors (Lipinski definition) is 3. The second-order valence-corrected chi connectivity index (χ2v) is 3.53. The van der Waals surface area contributed by atoms with Crippen molar-refractivity contribution in [2.75, 3.05) is 11.1 Å². The molecule has 0 amide bonds. The lowest BCUT2D eigenvalue weighted by atomic mass is 10.2. The zero-order valence-corrected chi connectivity index (χ0v) is 8.70. The molecule has 0 bridgehead atoms. The normalized spacial score (nSPS) is 9.93. The van der Waals surface area contributed by atoms with Crippen molar-refractivity contribution < 1.29 is 0 Å². The van der Waals surface area contributed by atoms with Gasteiger partial charge in [-0.3, -0.25) is 4.98 Å². The quantitative estimate of drug-likeness (QED) is 0.764. The van der Waals surface area contributed by atoms with Crippen LogP contribution in [0.5, 0.6) is 0 Å². The third-order valence-corrected chi connectivity index (χ3v) is 2.21. The highest BCUT2D eigenvalue weighted by Gasteiger charge is 2.00. The molecule has 4 heteroatoms. The average Bonchev–Trinajstić information content (AvgIpc) is 2.25. The van der Waals surface area contributed by atoms with Gasteiger partial charge in [0.2, 0.25) is 0 Å². The summed E-state index contributed by atoms with van der Waals surface area (Å²) in [5, 5.41) is 3.82. The molecule has 0 saturated heterocycles. The minimum atomic E-state index is 0.653. The highest BCUT2D eigenvalue weighted by atomic mass is 35.5. The Balaban J connectivity index is 2.28. The van der Waals surface area contributed by atoms with E-state index < -0.39 is 0 Å². The lowest BCUT2D eigenvalue weighted by Gasteiger charge is -2.08. The molecule has 1 heterocycles. The number of pyridine rings is 1. The SMILES string of the molecule is Nc1ccc(Cl)cc1Nc1ccncc1. The number of halogens is 1. The lowest BCUT2D eigenvalue weighted by Crippen LogP contribution is -1.95. The Hall–Kier alpha value is -1.74. The second-order valence-electron chi connectivity index (χ2n) is 3.09. The van der Waals surface area contributed by atoms with Crippen LogP contribution in [-0.2, 0) is 0 Å². The van der Waals surface area contributed by atoms with Crippen LogP contribution in [0.15, 0.2) is 42.7 Å². The van der Waals surface area contributed by atoms with Crippen molar-refractivity contribution in [3.05, 3.63) is 47.7 Å². The number of nitrogens with zero attached hydrogens (tertiary/aromatic N) is 1. The van der Waals surface area contributed by atoms with E-state index in [1.807, 2.05) is 12.1 Å². The maximum Gasteiger partial charge on any atom is 0.0632 e. The van der Waals surface area contributed by atoms with Crippen LogP contribution in [-0.4, -0.2) is 4.98 Å². The summed E-state index contributed by atoms with van der Waals surface area (Å²) in [6, 6.07) is 9.04. The van der Waals surface area contributed by atoms with Gasteiger partial charge in [0.25, 0.3) is 0 Å². The van der Waals surface area contributed by atoms with Gasteiger partial charge in [0.05, 0.1) is 11.4 Å². The smallest absolute Gasteiger partial charge is 0.0632 e. The molecule has 0 atom stereocenters. The van der Waals surface area contributed by atoms with E-state index in [9.17, 15) is 0 Å². The number of nitrogen functional groups attached to an aromatic ring is 1. The third-order valence-electron chi connectivity index (χ3n) is 1.97. The second kappa shape index (κ2) is 4.19. The molecule has 2 rings (SSSR count). The fourth-order valence-electron chi connectivity index (χ4n) is 1.23. The van der Waals surface area contributed by atoms with Gasteiger partial charge in [0.15, 0.2) is 0 Å². The molecule has 1 aromatic heterocycles. The summed E-state index contributed by atoms with van der Waals surface area (Å²) in [5.74, 6) is 0. The van der Waals surface area contributed by atoms with Gasteiger partial charge in [0.1, 0.15) is 0 Å². The topological polar surface area (TPSA) is 50.9 Å². The predicted octanol–water partition coefficient (Wildman–Crippen LogP) is 3.06. The van der Waals surface area contributed by atoms with Gasteiger partial charge in [0, 0.05) is 23.1 Å². The number of hydrogen-bond donors (Lipinski definition) is 2. The molecule has 76 valence electrons. The molecule has 0 spiro atoms. The molecule has 0 saturated carbocycles. The summed E-state index contributed by atoms with van der Waals surface area (Å²) in [4.78, 5) is 3.93. The first kappa shape index (κ1) is 9.80. The third kappa shape index (κ3) is 2.39. The van der Waals surface area contributed by atoms with Crippen LogP contribution in [0.2, 0.25) is 5.02 Å². The van der Waals surface area contributed by atoms with Crippen LogP contribution in [0.25, 0.3) is 0 Å². The van der Waals surface area contributed by atoms with Gasteiger partial charge in [-0.2, -0.15) is 0 Å². The van der Waals surface area contributed by atoms with Gasteiger partial charge in [-0.25, -0.2) is 0 Å². The molecule has 3 N–H and O–H groups in total. The zero-order valence-electron chi connectivity index (χ0n) is 7.94. The monoisotopic (exact) mass is 219 g/mol. The molecule has 0 aliphatic carbocycles. The van der Waals surface area contributed by atoms with Crippen molar-refractivity contribution in [2.45, 2.75) is 0 Å². The first-order valence-electron chi connectivity index (χ1n) is 4.48. The standard InChI is InChI=1S/C11H10ClN3/c12-8-1-2-10(13)11(7-8)15-9-3-5-14-6-4-9/h1-7H,13H2,(H,14,15). The fraction of sp³-hybridized carbons (Fsp3) is 0. The molecule has 1 aromatic carbocycles. The van der Waals surface area contributed by atoms with Crippen LogP contribution in [0.3, 0.4) is 0 Å². The Bertz CT molecular complexity index is 457. The summed E-state index contributed by atoms with van der Waals surface area (Å²) < 4.78 is 0. The van der Waals surface area contributed by atoms with Crippen LogP contribution in [0.1, 0.15) is 0 Å². The van der Waals surface area contributed by atoms with Crippen LogP contribution in [0, 0.1) is 0 Å². The first-order valence-corrected chi connectivity index (χ1v) is 4.85. The molecule has 0 fully saturated rings. The number of nitrogens with one attached hydrogen (secondary N) is 1. The Morgan fingerprint density at radius 3 is 2.60 bits per heavy atom. The molecular formula is C11H10ClN3. The van der Waals surface area contributed by atoms with Crippen molar-refractivity contribution in [1.29, 1.82) is 0 Å². The molecule has 0 aliphatic rings. The fourth-order valence-corrected chi connectivity index (χ4v) is 1.40. The Morgan fingerprint density at radius 2 is 1.87 bits per heavy atom. The number of nitrogens with two attached hydrogens (primary N) is 1. The summed E-state index contributed by atoms with van der Waals surface area (Å²) in [6.45, 7) is 0. The summed E-state index contributed by atoms with van der Waals surface area (Å²) in [5.41, 5.74) is 8.19. The number of anilines is 3. The van der Waals surface area contributed by atoms with Crippen LogP contribution >= 0.6 is 11.6 Å². The van der Waals surface area contributed by atoms with Crippen molar-refractivity contribution >= 4 is 28.7 Å². The van der Waals surface area contributed by atoms with E-state index >= 15 is 0 Å². The van der Waals surface area contributed by atoms with E-state index in [1.54, 1.807) is 30.6 Å². The van der Waals surface area contributed by atoms with Crippen molar-refractivity contribution in [1.82, 2.24) is 4.98 Å². The van der Waals surface area contributed by atoms with Gasteiger partial charge < -0.3 is 11.1 Å². The minimum Gasteiger partial charge on any atom is -0.397 e. The van der Waals surface area contributed by atoms with Crippen LogP contribution in [0.4, 0.5) is 17.1 Å². The van der Waals surface area contributed by atoms with Crippen LogP contribution < -0.4 is 11.1 Å². The Kier molecular flexibility index (Phi) is 2.74. The van der Waals surface area contributed by atoms with Crippen molar-refractivity contribution in [3.63, 3.8) is 0 Å². The zero-order chi connectivity index (χ0) is 10.7. The van der Waals surface area contributed by atoms with E-state index in [2.05, 4.69) is 10.3 Å². The highest BCUT2D eigenvalue weighted by Crippen LogP contribution is 2.25. The molecule has 15 heavy (non-hydrogen) atoms. The molecule has 0 aliphatic heterocycles. The molecule has 2 aromatic rings. The maximum absolute atomic E-state index is 5.88. The molecule has 0 radical (unpaired) electrons. The minimum absolute atomic E-state index is 0.653. The van der Waals surface area contributed by atoms with Gasteiger partial charge in [-0.05, 0) is 30.3 Å². The van der Waals surface area contributed by atoms with Gasteiger partial charge in [-0.15, -0.1) is 0 Å². The van der Waals surface area contributed by atoms with E-state index in [-0.39, 0.29) is 0 Å². The first-order chi connectivity index (χ1) is 7.25.